The molecule has 24 heavy (non-hydrogen) atoms. The van der Waals surface area contributed by atoms with Crippen LogP contribution >= 0.6 is 0 Å². The van der Waals surface area contributed by atoms with E-state index in [1.54, 1.807) is 24.3 Å². The lowest BCUT2D eigenvalue weighted by Gasteiger charge is -2.13. The molecule has 1 heterocycles. The third-order valence-corrected chi connectivity index (χ3v) is 3.27. The molecule has 0 fully saturated rings. The third-order valence-electron chi connectivity index (χ3n) is 3.27. The molecule has 2 rings (SSSR count). The van der Waals surface area contributed by atoms with E-state index in [4.69, 9.17) is 4.74 Å². The Labute approximate surface area is 136 Å². The minimum atomic E-state index is -1.22. The van der Waals surface area contributed by atoms with E-state index < -0.39 is 24.0 Å². The Morgan fingerprint density at radius 2 is 1.83 bits per heavy atom. The second-order valence-corrected chi connectivity index (χ2v) is 4.94. The van der Waals surface area contributed by atoms with Gasteiger partial charge in [-0.1, -0.05) is 18.2 Å². The predicted octanol–water partition coefficient (Wildman–Crippen LogP) is -0.0656. The van der Waals surface area contributed by atoms with Gasteiger partial charge in [-0.2, -0.15) is 5.10 Å². The lowest BCUT2D eigenvalue weighted by Crippen LogP contribution is -2.43. The van der Waals surface area contributed by atoms with Crippen LogP contribution in [0.15, 0.2) is 29.1 Å². The van der Waals surface area contributed by atoms with Gasteiger partial charge >= 0.3 is 12.0 Å². The summed E-state index contributed by atoms with van der Waals surface area (Å²) in [5.41, 5.74) is -0.445. The van der Waals surface area contributed by atoms with Gasteiger partial charge in [0.1, 0.15) is 0 Å². The fourth-order valence-corrected chi connectivity index (χ4v) is 2.00. The Bertz CT molecular complexity index is 874. The number of aromatic nitrogens is 2. The SMILES string of the molecule is CNC(=O)NC(=O)C(C)OC(=O)c1nn(C)c(=O)c2ccccc12. The molecule has 9 heteroatoms. The first kappa shape index (κ1) is 17.1. The number of urea groups is 1. The Morgan fingerprint density at radius 1 is 1.21 bits per heavy atom. The first-order chi connectivity index (χ1) is 11.3. The average Bonchev–Trinajstić information content (AvgIpc) is 2.57. The fourth-order valence-electron chi connectivity index (χ4n) is 2.00. The summed E-state index contributed by atoms with van der Waals surface area (Å²) in [6.07, 6.45) is -1.22. The van der Waals surface area contributed by atoms with Crippen molar-refractivity contribution in [2.45, 2.75) is 13.0 Å². The van der Waals surface area contributed by atoms with Crippen molar-refractivity contribution >= 4 is 28.7 Å². The highest BCUT2D eigenvalue weighted by Gasteiger charge is 2.23. The number of nitrogens with zero attached hydrogens (tertiary/aromatic N) is 2. The minimum absolute atomic E-state index is 0.0905. The number of carbonyl (C=O) groups is 3. The summed E-state index contributed by atoms with van der Waals surface area (Å²) in [6.45, 7) is 1.32. The van der Waals surface area contributed by atoms with Crippen molar-refractivity contribution in [1.82, 2.24) is 20.4 Å². The zero-order chi connectivity index (χ0) is 17.9. The molecule has 0 spiro atoms. The zero-order valence-electron chi connectivity index (χ0n) is 13.3. The van der Waals surface area contributed by atoms with Gasteiger partial charge in [0, 0.05) is 19.5 Å². The quantitative estimate of drug-likeness (QED) is 0.760. The lowest BCUT2D eigenvalue weighted by atomic mass is 10.1. The van der Waals surface area contributed by atoms with E-state index in [-0.39, 0.29) is 11.3 Å². The maximum absolute atomic E-state index is 12.3. The molecule has 9 nitrogen and oxygen atoms in total. The second-order valence-electron chi connectivity index (χ2n) is 4.94. The number of esters is 1. The number of imide groups is 1. The maximum atomic E-state index is 12.3. The van der Waals surface area contributed by atoms with Crippen LogP contribution in [0.1, 0.15) is 17.4 Å². The molecule has 2 N–H and O–H groups in total. The molecule has 0 saturated carbocycles. The molecule has 3 amide bonds. The summed E-state index contributed by atoms with van der Waals surface area (Å²) in [6, 6.07) is 5.74. The van der Waals surface area contributed by atoms with Crippen LogP contribution in [-0.2, 0) is 16.6 Å². The van der Waals surface area contributed by atoms with Gasteiger partial charge in [0.15, 0.2) is 11.8 Å². The van der Waals surface area contributed by atoms with Crippen molar-refractivity contribution in [2.24, 2.45) is 7.05 Å². The summed E-state index contributed by atoms with van der Waals surface area (Å²) in [5, 5.41) is 8.76. The molecule has 1 atom stereocenters. The number of hydrogen-bond donors (Lipinski definition) is 2. The molecule has 0 bridgehead atoms. The van der Waals surface area contributed by atoms with Gasteiger partial charge < -0.3 is 10.1 Å². The van der Waals surface area contributed by atoms with Crippen LogP contribution in [-0.4, -0.2) is 40.8 Å². The summed E-state index contributed by atoms with van der Waals surface area (Å²) in [5.74, 6) is -1.65. The Balaban J connectivity index is 2.29. The molecule has 0 saturated heterocycles. The van der Waals surface area contributed by atoms with E-state index in [2.05, 4.69) is 10.4 Å². The molecule has 2 aromatic rings. The summed E-state index contributed by atoms with van der Waals surface area (Å²) in [7, 11) is 2.76. The number of benzene rings is 1. The van der Waals surface area contributed by atoms with E-state index in [1.165, 1.54) is 21.0 Å². The first-order valence-electron chi connectivity index (χ1n) is 7.04. The van der Waals surface area contributed by atoms with E-state index in [1.807, 2.05) is 5.32 Å². The minimum Gasteiger partial charge on any atom is -0.448 e. The van der Waals surface area contributed by atoms with E-state index >= 15 is 0 Å². The van der Waals surface area contributed by atoms with Crippen LogP contribution in [0.2, 0.25) is 0 Å². The smallest absolute Gasteiger partial charge is 0.360 e. The number of amides is 3. The van der Waals surface area contributed by atoms with E-state index in [9.17, 15) is 19.2 Å². The Morgan fingerprint density at radius 3 is 2.46 bits per heavy atom. The van der Waals surface area contributed by atoms with Crippen LogP contribution in [0.3, 0.4) is 0 Å². The lowest BCUT2D eigenvalue weighted by molar-refractivity contribution is -0.127. The number of rotatable bonds is 3. The summed E-state index contributed by atoms with van der Waals surface area (Å²) < 4.78 is 6.06. The molecule has 1 aromatic carbocycles. The van der Waals surface area contributed by atoms with Gasteiger partial charge in [-0.25, -0.2) is 14.3 Å². The predicted molar refractivity (Wildman–Crippen MR) is 84.5 cm³/mol. The third kappa shape index (κ3) is 3.40. The normalized spacial score (nSPS) is 11.6. The largest absolute Gasteiger partial charge is 0.448 e. The van der Waals surface area contributed by atoms with Gasteiger partial charge in [-0.3, -0.25) is 14.9 Å². The summed E-state index contributed by atoms with van der Waals surface area (Å²) in [4.78, 5) is 47.2. The molecule has 126 valence electrons. The van der Waals surface area contributed by atoms with Gasteiger partial charge in [-0.15, -0.1) is 0 Å². The highest BCUT2D eigenvalue weighted by Crippen LogP contribution is 2.14. The van der Waals surface area contributed by atoms with Gasteiger partial charge in [0.05, 0.1) is 5.39 Å². The molecule has 1 aromatic heterocycles. The molecule has 1 unspecified atom stereocenters. The highest BCUT2D eigenvalue weighted by molar-refractivity contribution is 6.03. The molecule has 0 aliphatic rings. The van der Waals surface area contributed by atoms with E-state index in [0.717, 1.165) is 4.68 Å². The maximum Gasteiger partial charge on any atom is 0.360 e. The van der Waals surface area contributed by atoms with Crippen LogP contribution in [0.5, 0.6) is 0 Å². The van der Waals surface area contributed by atoms with Gasteiger partial charge in [0.2, 0.25) is 0 Å². The molecule has 0 aliphatic heterocycles. The number of ether oxygens (including phenoxy) is 1. The standard InChI is InChI=1S/C15H16N4O5/c1-8(12(20)17-15(23)16-2)24-14(22)11-9-6-4-5-7-10(9)13(21)19(3)18-11/h4-8H,1-3H3,(H2,16,17,20,23). The highest BCUT2D eigenvalue weighted by atomic mass is 16.5. The van der Waals surface area contributed by atoms with Crippen molar-refractivity contribution in [3.05, 3.63) is 40.3 Å². The number of aryl methyl sites for hydroxylation is 1. The molecule has 0 radical (unpaired) electrons. The Kier molecular flexibility index (Phi) is 4.93. The van der Waals surface area contributed by atoms with Crippen molar-refractivity contribution in [1.29, 1.82) is 0 Å². The van der Waals surface area contributed by atoms with Gasteiger partial charge in [-0.05, 0) is 13.0 Å². The van der Waals surface area contributed by atoms with Crippen molar-refractivity contribution in [3.63, 3.8) is 0 Å². The number of carbonyl (C=O) groups excluding carboxylic acids is 3. The van der Waals surface area contributed by atoms with Crippen molar-refractivity contribution in [2.75, 3.05) is 7.05 Å². The van der Waals surface area contributed by atoms with Crippen LogP contribution in [0.25, 0.3) is 10.8 Å². The second kappa shape index (κ2) is 6.90. The number of nitrogens with one attached hydrogen (secondary N) is 2. The molecular formula is C15H16N4O5. The Hall–Kier alpha value is -3.23. The van der Waals surface area contributed by atoms with Crippen molar-refractivity contribution in [3.8, 4) is 0 Å². The monoisotopic (exact) mass is 332 g/mol. The van der Waals surface area contributed by atoms with Crippen LogP contribution in [0, 0.1) is 0 Å². The number of hydrogen-bond acceptors (Lipinski definition) is 6. The van der Waals surface area contributed by atoms with E-state index in [0.29, 0.717) is 10.8 Å². The molecule has 0 aliphatic carbocycles. The summed E-state index contributed by atoms with van der Waals surface area (Å²) >= 11 is 0. The van der Waals surface area contributed by atoms with Crippen molar-refractivity contribution < 1.29 is 19.1 Å². The molecular weight excluding hydrogens is 316 g/mol. The van der Waals surface area contributed by atoms with Gasteiger partial charge in [0.25, 0.3) is 11.5 Å². The van der Waals surface area contributed by atoms with Crippen LogP contribution < -0.4 is 16.2 Å². The topological polar surface area (TPSA) is 119 Å². The fraction of sp³-hybridized carbons (Fsp3) is 0.267. The zero-order valence-corrected chi connectivity index (χ0v) is 13.3. The number of fused-ring (bicyclic) bond motifs is 1. The first-order valence-corrected chi connectivity index (χ1v) is 7.04. The van der Waals surface area contributed by atoms with Crippen LogP contribution in [0.4, 0.5) is 4.79 Å². The average molecular weight is 332 g/mol.